The molecule has 0 radical (unpaired) electrons. The molecule has 330 valence electrons. The molecule has 2 saturated carbocycles. The molecule has 4 amide bonds. The Balaban J connectivity index is 0.889. The van der Waals surface area contributed by atoms with Crippen LogP contribution >= 0.6 is 0 Å². The van der Waals surface area contributed by atoms with Gasteiger partial charge in [0.15, 0.2) is 0 Å². The lowest BCUT2D eigenvalue weighted by atomic mass is 9.97. The number of aromatic amines is 2. The second kappa shape index (κ2) is 17.2. The van der Waals surface area contributed by atoms with Gasteiger partial charge in [-0.3, -0.25) is 9.59 Å². The number of fused-ring (bicyclic) bond motifs is 3. The summed E-state index contributed by atoms with van der Waals surface area (Å²) in [6, 6.07) is 19.5. The first-order valence-electron chi connectivity index (χ1n) is 22.0. The fourth-order valence-corrected chi connectivity index (χ4v) is 10.2. The van der Waals surface area contributed by atoms with Gasteiger partial charge in [0.1, 0.15) is 23.7 Å². The van der Waals surface area contributed by atoms with Crippen molar-refractivity contribution in [3.8, 4) is 33.6 Å². The molecule has 3 aromatic carbocycles. The summed E-state index contributed by atoms with van der Waals surface area (Å²) in [4.78, 5) is 72.7. The number of H-pyrrole nitrogens is 2. The first kappa shape index (κ1) is 42.1. The summed E-state index contributed by atoms with van der Waals surface area (Å²) < 4.78 is 14.9. The number of aromatic nitrogens is 4. The summed E-state index contributed by atoms with van der Waals surface area (Å²) in [6.45, 7) is 4.83. The molecule has 2 aliphatic heterocycles. The number of nitrogens with zero attached hydrogens (tertiary/aromatic N) is 4. The van der Waals surface area contributed by atoms with Gasteiger partial charge in [0.05, 0.1) is 50.1 Å². The molecule has 2 bridgehead atoms. The SMILES string of the molecule is COCC[C@H](NC(=O)OC)C(=O)N1C2CCC(C2)C1c1ncc(-c2ccc(-c3ccc4cc(-c5cnc([C@@H]6CC7(CC7)CN6C(=O)[C@@H](NC(=O)OC)C(C)C)[nH]5)ccc4c3)cc2)[nH]1. The number of ether oxygens (including phenoxy) is 3. The number of rotatable bonds is 13. The van der Waals surface area contributed by atoms with Crippen molar-refractivity contribution >= 4 is 34.8 Å². The van der Waals surface area contributed by atoms with Gasteiger partial charge in [-0.05, 0) is 95.4 Å². The average molecular weight is 857 g/mol. The number of hydrogen-bond donors (Lipinski definition) is 4. The highest BCUT2D eigenvalue weighted by atomic mass is 16.5. The lowest BCUT2D eigenvalue weighted by Crippen LogP contribution is -2.52. The number of carbonyl (C=O) groups excluding carboxylic acids is 4. The Bertz CT molecular complexity index is 2510. The standard InChI is InChI=1S/C48H56N8O7/c1-27(2)40(54-47(60)63-5)45(58)55-26-48(17-18-48)23-39(55)42-49-25-38(51-42)33-13-12-31-20-30(10-11-32(31)21-33)28-6-8-29(9-7-28)37-24-50-43(52-37)41-34-14-15-35(22-34)56(41)44(57)36(16-19-61-3)53-46(59)62-4/h6-13,20-21,24-25,27,34-36,39-41H,14-19,22-23,26H2,1-5H3,(H,49,51)(H,50,52)(H,53,59)(H,54,60)/t34?,35?,36-,39-,40-,41?/m0/s1. The van der Waals surface area contributed by atoms with Crippen LogP contribution in [-0.4, -0.2) is 106 Å². The monoisotopic (exact) mass is 856 g/mol. The summed E-state index contributed by atoms with van der Waals surface area (Å²) in [6.07, 6.45) is 8.66. The lowest BCUT2D eigenvalue weighted by molar-refractivity contribution is -0.138. The Morgan fingerprint density at radius 3 is 2.08 bits per heavy atom. The molecule has 15 heteroatoms. The number of piperidine rings is 1. The van der Waals surface area contributed by atoms with E-state index in [1.807, 2.05) is 36.0 Å². The molecular formula is C48H56N8O7. The number of likely N-dealkylation sites (tertiary alicyclic amines) is 2. The first-order chi connectivity index (χ1) is 30.5. The van der Waals surface area contributed by atoms with Gasteiger partial charge < -0.3 is 44.6 Å². The number of amides is 4. The third-order valence-electron chi connectivity index (χ3n) is 13.8. The summed E-state index contributed by atoms with van der Waals surface area (Å²) in [5.41, 5.74) is 6.04. The van der Waals surface area contributed by atoms with Crippen LogP contribution in [0.2, 0.25) is 0 Å². The van der Waals surface area contributed by atoms with E-state index >= 15 is 0 Å². The molecule has 2 saturated heterocycles. The van der Waals surface area contributed by atoms with Crippen molar-refractivity contribution in [1.29, 1.82) is 0 Å². The molecule has 9 rings (SSSR count). The minimum absolute atomic E-state index is 0.0982. The zero-order valence-electron chi connectivity index (χ0n) is 36.5. The zero-order valence-corrected chi connectivity index (χ0v) is 36.5. The highest BCUT2D eigenvalue weighted by molar-refractivity contribution is 5.91. The van der Waals surface area contributed by atoms with Crippen molar-refractivity contribution in [2.24, 2.45) is 17.3 Å². The second-order valence-electron chi connectivity index (χ2n) is 18.1. The first-order valence-corrected chi connectivity index (χ1v) is 22.0. The normalized spacial score (nSPS) is 21.8. The van der Waals surface area contributed by atoms with E-state index in [9.17, 15) is 19.2 Å². The fraction of sp³-hybridized carbons (Fsp3) is 0.458. The van der Waals surface area contributed by atoms with Crippen LogP contribution in [0.5, 0.6) is 0 Å². The van der Waals surface area contributed by atoms with Gasteiger partial charge in [0, 0.05) is 38.3 Å². The molecule has 4 fully saturated rings. The van der Waals surface area contributed by atoms with Gasteiger partial charge in [-0.15, -0.1) is 0 Å². The molecular weight excluding hydrogens is 801 g/mol. The third-order valence-corrected chi connectivity index (χ3v) is 13.8. The smallest absolute Gasteiger partial charge is 0.407 e. The van der Waals surface area contributed by atoms with Crippen LogP contribution in [0.25, 0.3) is 44.4 Å². The third kappa shape index (κ3) is 8.26. The molecule has 6 atom stereocenters. The van der Waals surface area contributed by atoms with E-state index < -0.39 is 24.3 Å². The van der Waals surface area contributed by atoms with Gasteiger partial charge in [0.2, 0.25) is 11.8 Å². The van der Waals surface area contributed by atoms with E-state index in [1.165, 1.54) is 14.2 Å². The highest BCUT2D eigenvalue weighted by Gasteiger charge is 2.55. The van der Waals surface area contributed by atoms with Crippen LogP contribution in [0.4, 0.5) is 9.59 Å². The minimum Gasteiger partial charge on any atom is -0.453 e. The lowest BCUT2D eigenvalue weighted by Gasteiger charge is -2.36. The van der Waals surface area contributed by atoms with Crippen LogP contribution in [-0.2, 0) is 23.8 Å². The maximum Gasteiger partial charge on any atom is 0.407 e. The van der Waals surface area contributed by atoms with E-state index in [-0.39, 0.29) is 41.3 Å². The number of carbonyl (C=O) groups is 4. The maximum atomic E-state index is 14.0. The van der Waals surface area contributed by atoms with Gasteiger partial charge in [-0.25, -0.2) is 19.6 Å². The quantitative estimate of drug-likeness (QED) is 0.0930. The predicted molar refractivity (Wildman–Crippen MR) is 236 cm³/mol. The number of alkyl carbamates (subject to hydrolysis) is 2. The number of imidazole rings is 2. The Morgan fingerprint density at radius 1 is 0.778 bits per heavy atom. The predicted octanol–water partition coefficient (Wildman–Crippen LogP) is 7.53. The zero-order chi connectivity index (χ0) is 44.0. The minimum atomic E-state index is -0.755. The Hall–Kier alpha value is -6.22. The molecule has 3 unspecified atom stereocenters. The van der Waals surface area contributed by atoms with Crippen LogP contribution < -0.4 is 10.6 Å². The van der Waals surface area contributed by atoms with Gasteiger partial charge in [0.25, 0.3) is 0 Å². The van der Waals surface area contributed by atoms with Crippen molar-refractivity contribution in [3.63, 3.8) is 0 Å². The Labute approximate surface area is 366 Å². The van der Waals surface area contributed by atoms with Crippen molar-refractivity contribution in [1.82, 2.24) is 40.4 Å². The molecule has 2 aliphatic carbocycles. The number of methoxy groups -OCH3 is 3. The molecule has 4 heterocycles. The second-order valence-corrected chi connectivity index (χ2v) is 18.1. The number of benzene rings is 3. The Morgan fingerprint density at radius 2 is 1.40 bits per heavy atom. The van der Waals surface area contributed by atoms with E-state index in [0.717, 1.165) is 94.6 Å². The van der Waals surface area contributed by atoms with E-state index in [4.69, 9.17) is 24.2 Å². The fourth-order valence-electron chi connectivity index (χ4n) is 10.2. The van der Waals surface area contributed by atoms with Crippen molar-refractivity contribution in [2.75, 3.05) is 34.5 Å². The van der Waals surface area contributed by atoms with E-state index in [0.29, 0.717) is 25.5 Å². The summed E-state index contributed by atoms with van der Waals surface area (Å²) in [7, 11) is 4.17. The van der Waals surface area contributed by atoms with Crippen LogP contribution in [0.1, 0.15) is 82.5 Å². The molecule has 15 nitrogen and oxygen atoms in total. The summed E-state index contributed by atoms with van der Waals surface area (Å²) >= 11 is 0. The van der Waals surface area contributed by atoms with Crippen molar-refractivity contribution in [2.45, 2.75) is 89.0 Å². The van der Waals surface area contributed by atoms with Crippen LogP contribution in [0, 0.1) is 17.3 Å². The largest absolute Gasteiger partial charge is 0.453 e. The number of hydrogen-bond acceptors (Lipinski definition) is 9. The molecule has 1 spiro atoms. The van der Waals surface area contributed by atoms with Crippen molar-refractivity contribution < 1.29 is 33.4 Å². The average Bonchev–Trinajstić information content (AvgIpc) is 3.94. The van der Waals surface area contributed by atoms with Crippen LogP contribution in [0.3, 0.4) is 0 Å². The topological polar surface area (TPSA) is 184 Å². The summed E-state index contributed by atoms with van der Waals surface area (Å²) in [5, 5.41) is 7.67. The van der Waals surface area contributed by atoms with Gasteiger partial charge >= 0.3 is 12.2 Å². The molecule has 4 N–H and O–H groups in total. The molecule has 4 aliphatic rings. The van der Waals surface area contributed by atoms with Crippen molar-refractivity contribution in [3.05, 3.63) is 84.7 Å². The highest BCUT2D eigenvalue weighted by Crippen LogP contribution is 2.58. The Kier molecular flexibility index (Phi) is 11.5. The van der Waals surface area contributed by atoms with Gasteiger partial charge in [-0.2, -0.15) is 0 Å². The molecule has 2 aromatic heterocycles. The van der Waals surface area contributed by atoms with E-state index in [2.05, 4.69) is 81.3 Å². The molecule has 63 heavy (non-hydrogen) atoms. The number of nitrogens with one attached hydrogen (secondary N) is 4. The van der Waals surface area contributed by atoms with E-state index in [1.54, 1.807) is 7.11 Å². The maximum absolute atomic E-state index is 14.0. The van der Waals surface area contributed by atoms with Gasteiger partial charge in [-0.1, -0.05) is 62.4 Å². The molecule has 5 aromatic rings. The summed E-state index contributed by atoms with van der Waals surface area (Å²) in [5.74, 6) is 1.45. The van der Waals surface area contributed by atoms with Crippen LogP contribution in [0.15, 0.2) is 73.1 Å².